The summed E-state index contributed by atoms with van der Waals surface area (Å²) in [5.74, 6) is 3.55. The molecular formula is C17H28N2O3S. The maximum Gasteiger partial charge on any atom is 0.217 e. The van der Waals surface area contributed by atoms with Gasteiger partial charge in [-0.1, -0.05) is 0 Å². The van der Waals surface area contributed by atoms with Crippen LogP contribution in [0.15, 0.2) is 0 Å². The van der Waals surface area contributed by atoms with E-state index in [9.17, 15) is 13.2 Å². The van der Waals surface area contributed by atoms with Gasteiger partial charge in [-0.25, -0.2) is 12.7 Å². The molecule has 1 saturated heterocycles. The summed E-state index contributed by atoms with van der Waals surface area (Å²) in [6, 6.07) is 0. The summed E-state index contributed by atoms with van der Waals surface area (Å²) in [5, 5.41) is 0. The molecule has 4 saturated carbocycles. The Balaban J connectivity index is 1.41. The molecule has 5 nitrogen and oxygen atoms in total. The van der Waals surface area contributed by atoms with E-state index in [1.807, 2.05) is 0 Å². The lowest BCUT2D eigenvalue weighted by Gasteiger charge is -2.54. The molecular weight excluding hydrogens is 312 g/mol. The first-order chi connectivity index (χ1) is 10.9. The molecule has 1 unspecified atom stereocenters. The van der Waals surface area contributed by atoms with Gasteiger partial charge >= 0.3 is 0 Å². The Morgan fingerprint density at radius 2 is 1.65 bits per heavy atom. The molecule has 23 heavy (non-hydrogen) atoms. The molecule has 0 spiro atoms. The van der Waals surface area contributed by atoms with Crippen molar-refractivity contribution in [1.82, 2.24) is 4.31 Å². The number of hydrogen-bond donors (Lipinski definition) is 1. The van der Waals surface area contributed by atoms with Crippen LogP contribution in [-0.4, -0.2) is 37.5 Å². The highest BCUT2D eigenvalue weighted by Gasteiger charge is 2.50. The first-order valence-electron chi connectivity index (χ1n) is 9.17. The average molecular weight is 340 g/mol. The fourth-order valence-corrected chi connectivity index (χ4v) is 8.22. The number of amides is 1. The zero-order valence-corrected chi connectivity index (χ0v) is 14.5. The maximum atomic E-state index is 12.9. The Labute approximate surface area is 139 Å². The standard InChI is InChI=1S/C17H28N2O3S/c18-17(20)8-11-1-2-19(9-11)23(21,22)10-16-14-4-12-3-13(6-14)7-15(16)5-12/h11-16H,1-10H2,(H2,18,20). The summed E-state index contributed by atoms with van der Waals surface area (Å²) < 4.78 is 27.4. The van der Waals surface area contributed by atoms with E-state index in [-0.39, 0.29) is 11.8 Å². The summed E-state index contributed by atoms with van der Waals surface area (Å²) in [6.45, 7) is 1.05. The lowest BCUT2D eigenvalue weighted by molar-refractivity contribution is -0.118. The normalized spacial score (nSPS) is 43.1. The second-order valence-electron chi connectivity index (χ2n) is 8.56. The summed E-state index contributed by atoms with van der Waals surface area (Å²) >= 11 is 0. The van der Waals surface area contributed by atoms with Crippen molar-refractivity contribution in [3.8, 4) is 0 Å². The quantitative estimate of drug-likeness (QED) is 0.825. The predicted octanol–water partition coefficient (Wildman–Crippen LogP) is 1.59. The van der Waals surface area contributed by atoms with E-state index in [4.69, 9.17) is 5.73 Å². The van der Waals surface area contributed by atoms with Crippen LogP contribution >= 0.6 is 0 Å². The van der Waals surface area contributed by atoms with Gasteiger partial charge in [-0.3, -0.25) is 4.79 Å². The monoisotopic (exact) mass is 340 g/mol. The van der Waals surface area contributed by atoms with Crippen molar-refractivity contribution >= 4 is 15.9 Å². The van der Waals surface area contributed by atoms with E-state index in [2.05, 4.69) is 0 Å². The molecule has 0 aromatic heterocycles. The van der Waals surface area contributed by atoms with Crippen LogP contribution < -0.4 is 5.73 Å². The van der Waals surface area contributed by atoms with Gasteiger partial charge in [0.05, 0.1) is 5.75 Å². The van der Waals surface area contributed by atoms with Crippen LogP contribution in [0.3, 0.4) is 0 Å². The summed E-state index contributed by atoms with van der Waals surface area (Å²) in [4.78, 5) is 11.1. The fraction of sp³-hybridized carbons (Fsp3) is 0.941. The van der Waals surface area contributed by atoms with Crippen LogP contribution in [0.5, 0.6) is 0 Å². The van der Waals surface area contributed by atoms with E-state index in [1.54, 1.807) is 4.31 Å². The van der Waals surface area contributed by atoms with E-state index in [1.165, 1.54) is 32.1 Å². The zero-order valence-electron chi connectivity index (χ0n) is 13.7. The highest BCUT2D eigenvalue weighted by atomic mass is 32.2. The number of carbonyl (C=O) groups is 1. The molecule has 1 aliphatic heterocycles. The molecule has 6 heteroatoms. The third-order valence-electron chi connectivity index (χ3n) is 6.96. The van der Waals surface area contributed by atoms with Crippen LogP contribution in [0.25, 0.3) is 0 Å². The molecule has 0 radical (unpaired) electrons. The molecule has 5 fully saturated rings. The maximum absolute atomic E-state index is 12.9. The molecule has 5 aliphatic rings. The van der Waals surface area contributed by atoms with Crippen molar-refractivity contribution in [1.29, 1.82) is 0 Å². The van der Waals surface area contributed by atoms with Crippen LogP contribution in [-0.2, 0) is 14.8 Å². The number of nitrogens with two attached hydrogens (primary N) is 1. The minimum Gasteiger partial charge on any atom is -0.370 e. The Hall–Kier alpha value is -0.620. The Bertz CT molecular complexity index is 561. The predicted molar refractivity (Wildman–Crippen MR) is 87.8 cm³/mol. The van der Waals surface area contributed by atoms with Gasteiger partial charge in [0.2, 0.25) is 15.9 Å². The third-order valence-corrected chi connectivity index (χ3v) is 8.88. The number of carbonyl (C=O) groups excluding carboxylic acids is 1. The van der Waals surface area contributed by atoms with Crippen molar-refractivity contribution in [3.63, 3.8) is 0 Å². The van der Waals surface area contributed by atoms with Gasteiger partial charge in [0, 0.05) is 19.5 Å². The van der Waals surface area contributed by atoms with Crippen LogP contribution in [0.4, 0.5) is 0 Å². The van der Waals surface area contributed by atoms with Crippen LogP contribution in [0.1, 0.15) is 44.9 Å². The average Bonchev–Trinajstić information content (AvgIpc) is 2.90. The van der Waals surface area contributed by atoms with Crippen LogP contribution in [0, 0.1) is 35.5 Å². The van der Waals surface area contributed by atoms with Crippen molar-refractivity contribution < 1.29 is 13.2 Å². The van der Waals surface area contributed by atoms with Gasteiger partial charge in [-0.2, -0.15) is 0 Å². The molecule has 130 valence electrons. The van der Waals surface area contributed by atoms with Gasteiger partial charge in [0.1, 0.15) is 0 Å². The summed E-state index contributed by atoms with van der Waals surface area (Å²) in [5.41, 5.74) is 5.25. The highest BCUT2D eigenvalue weighted by molar-refractivity contribution is 7.89. The van der Waals surface area contributed by atoms with E-state index in [0.29, 0.717) is 43.0 Å². The summed E-state index contributed by atoms with van der Waals surface area (Å²) in [6.07, 6.45) is 7.52. The molecule has 2 N–H and O–H groups in total. The molecule has 4 aliphatic carbocycles. The Kier molecular flexibility index (Phi) is 3.95. The van der Waals surface area contributed by atoms with Gasteiger partial charge in [0.15, 0.2) is 0 Å². The minimum atomic E-state index is -3.19. The van der Waals surface area contributed by atoms with Crippen LogP contribution in [0.2, 0.25) is 0 Å². The van der Waals surface area contributed by atoms with Crippen molar-refractivity contribution in [2.45, 2.75) is 44.9 Å². The lowest BCUT2D eigenvalue weighted by atomic mass is 9.52. The smallest absolute Gasteiger partial charge is 0.217 e. The van der Waals surface area contributed by atoms with Crippen molar-refractivity contribution in [2.24, 2.45) is 41.2 Å². The molecule has 5 rings (SSSR count). The van der Waals surface area contributed by atoms with E-state index >= 15 is 0 Å². The molecule has 1 amide bonds. The zero-order chi connectivity index (χ0) is 16.2. The molecule has 1 heterocycles. The third kappa shape index (κ3) is 3.04. The first kappa shape index (κ1) is 15.9. The Morgan fingerprint density at radius 3 is 2.22 bits per heavy atom. The van der Waals surface area contributed by atoms with Crippen molar-refractivity contribution in [2.75, 3.05) is 18.8 Å². The number of sulfonamides is 1. The molecule has 4 bridgehead atoms. The number of hydrogen-bond acceptors (Lipinski definition) is 3. The molecule has 0 aromatic carbocycles. The molecule has 0 aromatic rings. The topological polar surface area (TPSA) is 80.5 Å². The summed E-state index contributed by atoms with van der Waals surface area (Å²) in [7, 11) is -3.19. The van der Waals surface area contributed by atoms with Gasteiger partial charge in [0.25, 0.3) is 0 Å². The number of primary amides is 1. The lowest BCUT2D eigenvalue weighted by Crippen LogP contribution is -2.48. The van der Waals surface area contributed by atoms with Gasteiger partial charge in [-0.05, 0) is 74.0 Å². The largest absolute Gasteiger partial charge is 0.370 e. The van der Waals surface area contributed by atoms with E-state index < -0.39 is 10.0 Å². The van der Waals surface area contributed by atoms with E-state index in [0.717, 1.165) is 18.3 Å². The number of nitrogens with zero attached hydrogens (tertiary/aromatic N) is 1. The van der Waals surface area contributed by atoms with Gasteiger partial charge < -0.3 is 5.73 Å². The molecule has 1 atom stereocenters. The second kappa shape index (κ2) is 5.73. The Morgan fingerprint density at radius 1 is 1.04 bits per heavy atom. The fourth-order valence-electron chi connectivity index (χ4n) is 6.16. The van der Waals surface area contributed by atoms with Crippen molar-refractivity contribution in [3.05, 3.63) is 0 Å². The second-order valence-corrected chi connectivity index (χ2v) is 10.6. The SMILES string of the molecule is NC(=O)CC1CCN(S(=O)(=O)CC2C3CC4CC(C3)CC2C4)C1. The first-order valence-corrected chi connectivity index (χ1v) is 10.8. The van der Waals surface area contributed by atoms with Gasteiger partial charge in [-0.15, -0.1) is 0 Å². The minimum absolute atomic E-state index is 0.112. The highest BCUT2D eigenvalue weighted by Crippen LogP contribution is 2.56. The number of rotatable bonds is 5.